The number of carbonyl (C=O) groups is 2. The highest BCUT2D eigenvalue weighted by atomic mass is 32.2. The molecule has 0 aliphatic carbocycles. The summed E-state index contributed by atoms with van der Waals surface area (Å²) in [6, 6.07) is 9.11. The lowest BCUT2D eigenvalue weighted by atomic mass is 10.2. The standard InChI is InChI=1S/C16H17NO4S/c1-3-13-12(16(19)20)8-14(21-13)15(18)17-9-10-4-6-11(22-2)7-5-10/h4-8H,3,9H2,1-2H3,(H,17,18)(H,19,20). The van der Waals surface area contributed by atoms with Gasteiger partial charge in [-0.1, -0.05) is 19.1 Å². The van der Waals surface area contributed by atoms with Crippen molar-refractivity contribution in [2.24, 2.45) is 0 Å². The van der Waals surface area contributed by atoms with Crippen molar-refractivity contribution in [3.8, 4) is 0 Å². The molecule has 0 bridgehead atoms. The first kappa shape index (κ1) is 16.2. The number of aromatic carboxylic acids is 1. The van der Waals surface area contributed by atoms with Gasteiger partial charge in [0.05, 0.1) is 0 Å². The van der Waals surface area contributed by atoms with Crippen LogP contribution in [0.15, 0.2) is 39.6 Å². The Morgan fingerprint density at radius 1 is 1.27 bits per heavy atom. The summed E-state index contributed by atoms with van der Waals surface area (Å²) < 4.78 is 5.32. The minimum atomic E-state index is -1.09. The van der Waals surface area contributed by atoms with E-state index in [2.05, 4.69) is 5.32 Å². The smallest absolute Gasteiger partial charge is 0.339 e. The number of carbonyl (C=O) groups excluding carboxylic acids is 1. The predicted octanol–water partition coefficient (Wildman–Crippen LogP) is 3.19. The lowest BCUT2D eigenvalue weighted by Crippen LogP contribution is -2.22. The van der Waals surface area contributed by atoms with Gasteiger partial charge in [-0.3, -0.25) is 4.79 Å². The van der Waals surface area contributed by atoms with E-state index in [0.717, 1.165) is 10.5 Å². The summed E-state index contributed by atoms with van der Waals surface area (Å²) in [4.78, 5) is 24.3. The number of carboxylic acids is 1. The topological polar surface area (TPSA) is 79.5 Å². The van der Waals surface area contributed by atoms with E-state index in [1.54, 1.807) is 18.7 Å². The Balaban J connectivity index is 2.04. The van der Waals surface area contributed by atoms with Crippen LogP contribution in [0.2, 0.25) is 0 Å². The van der Waals surface area contributed by atoms with Crippen molar-refractivity contribution in [3.63, 3.8) is 0 Å². The van der Waals surface area contributed by atoms with Crippen molar-refractivity contribution in [2.45, 2.75) is 24.8 Å². The fourth-order valence-corrected chi connectivity index (χ4v) is 2.41. The summed E-state index contributed by atoms with van der Waals surface area (Å²) in [7, 11) is 0. The third-order valence-electron chi connectivity index (χ3n) is 3.20. The predicted molar refractivity (Wildman–Crippen MR) is 84.4 cm³/mol. The molecule has 0 radical (unpaired) electrons. The van der Waals surface area contributed by atoms with Crippen molar-refractivity contribution < 1.29 is 19.1 Å². The maximum absolute atomic E-state index is 12.0. The molecule has 2 rings (SSSR count). The quantitative estimate of drug-likeness (QED) is 0.799. The van der Waals surface area contributed by atoms with Gasteiger partial charge in [0.15, 0.2) is 5.76 Å². The maximum Gasteiger partial charge on any atom is 0.339 e. The van der Waals surface area contributed by atoms with Crippen LogP contribution in [0.5, 0.6) is 0 Å². The summed E-state index contributed by atoms with van der Waals surface area (Å²) in [5.41, 5.74) is 1.00. The van der Waals surface area contributed by atoms with Crippen LogP contribution in [-0.4, -0.2) is 23.2 Å². The summed E-state index contributed by atoms with van der Waals surface area (Å²) in [5, 5.41) is 11.8. The van der Waals surface area contributed by atoms with E-state index in [4.69, 9.17) is 9.52 Å². The molecule has 1 heterocycles. The van der Waals surface area contributed by atoms with Gasteiger partial charge in [0.25, 0.3) is 5.91 Å². The molecule has 1 amide bonds. The molecule has 0 unspecified atom stereocenters. The van der Waals surface area contributed by atoms with Crippen molar-refractivity contribution in [2.75, 3.05) is 6.26 Å². The molecule has 0 fully saturated rings. The second-order valence-electron chi connectivity index (χ2n) is 4.64. The largest absolute Gasteiger partial charge is 0.478 e. The molecule has 116 valence electrons. The summed E-state index contributed by atoms with van der Waals surface area (Å²) in [6.07, 6.45) is 2.42. The van der Waals surface area contributed by atoms with Crippen LogP contribution in [0.1, 0.15) is 39.2 Å². The van der Waals surface area contributed by atoms with Crippen LogP contribution in [0.3, 0.4) is 0 Å². The molecule has 1 aromatic carbocycles. The fourth-order valence-electron chi connectivity index (χ4n) is 2.00. The van der Waals surface area contributed by atoms with E-state index in [1.807, 2.05) is 30.5 Å². The molecular formula is C16H17NO4S. The van der Waals surface area contributed by atoms with E-state index < -0.39 is 11.9 Å². The average molecular weight is 319 g/mol. The van der Waals surface area contributed by atoms with Crippen LogP contribution < -0.4 is 5.32 Å². The van der Waals surface area contributed by atoms with E-state index in [-0.39, 0.29) is 11.3 Å². The number of thioether (sulfide) groups is 1. The number of hydrogen-bond donors (Lipinski definition) is 2. The van der Waals surface area contributed by atoms with E-state index in [9.17, 15) is 9.59 Å². The first-order chi connectivity index (χ1) is 10.5. The second-order valence-corrected chi connectivity index (χ2v) is 5.52. The molecule has 0 atom stereocenters. The number of benzene rings is 1. The zero-order valence-corrected chi connectivity index (χ0v) is 13.2. The van der Waals surface area contributed by atoms with Crippen LogP contribution in [0.25, 0.3) is 0 Å². The van der Waals surface area contributed by atoms with E-state index >= 15 is 0 Å². The number of hydrogen-bond acceptors (Lipinski definition) is 4. The fraction of sp³-hybridized carbons (Fsp3) is 0.250. The number of amides is 1. The zero-order chi connectivity index (χ0) is 16.1. The van der Waals surface area contributed by atoms with E-state index in [1.165, 1.54) is 6.07 Å². The molecule has 0 saturated carbocycles. The molecule has 2 N–H and O–H groups in total. The van der Waals surface area contributed by atoms with Gasteiger partial charge in [0.2, 0.25) is 0 Å². The number of carboxylic acid groups (broad SMARTS) is 1. The minimum absolute atomic E-state index is 0.0231. The van der Waals surface area contributed by atoms with Gasteiger partial charge in [-0.2, -0.15) is 0 Å². The van der Waals surface area contributed by atoms with Crippen molar-refractivity contribution >= 4 is 23.6 Å². The molecule has 0 saturated heterocycles. The SMILES string of the molecule is CCc1oc(C(=O)NCc2ccc(SC)cc2)cc1C(=O)O. The van der Waals surface area contributed by atoms with Gasteiger partial charge in [0.1, 0.15) is 11.3 Å². The molecule has 22 heavy (non-hydrogen) atoms. The van der Waals surface area contributed by atoms with Crippen LogP contribution in [0.4, 0.5) is 0 Å². The molecule has 2 aromatic rings. The Morgan fingerprint density at radius 2 is 1.95 bits per heavy atom. The highest BCUT2D eigenvalue weighted by Crippen LogP contribution is 2.17. The first-order valence-electron chi connectivity index (χ1n) is 6.82. The Bertz CT molecular complexity index is 676. The molecule has 0 spiro atoms. The molecule has 0 aliphatic heterocycles. The van der Waals surface area contributed by atoms with Crippen LogP contribution >= 0.6 is 11.8 Å². The number of rotatable bonds is 6. The minimum Gasteiger partial charge on any atom is -0.478 e. The zero-order valence-electron chi connectivity index (χ0n) is 12.4. The molecule has 0 aliphatic rings. The number of nitrogens with one attached hydrogen (secondary N) is 1. The van der Waals surface area contributed by atoms with Crippen molar-refractivity contribution in [1.82, 2.24) is 5.32 Å². The third kappa shape index (κ3) is 3.71. The Labute approximate surface area is 132 Å². The van der Waals surface area contributed by atoms with Gasteiger partial charge in [-0.15, -0.1) is 11.8 Å². The lowest BCUT2D eigenvalue weighted by Gasteiger charge is -2.04. The second kappa shape index (κ2) is 7.17. The highest BCUT2D eigenvalue weighted by molar-refractivity contribution is 7.98. The lowest BCUT2D eigenvalue weighted by molar-refractivity contribution is 0.0694. The summed E-state index contributed by atoms with van der Waals surface area (Å²) in [6.45, 7) is 2.14. The molecule has 1 aromatic heterocycles. The van der Waals surface area contributed by atoms with Gasteiger partial charge in [-0.25, -0.2) is 4.79 Å². The first-order valence-corrected chi connectivity index (χ1v) is 8.04. The molecule has 6 heteroatoms. The van der Waals surface area contributed by atoms with Crippen molar-refractivity contribution in [1.29, 1.82) is 0 Å². The Morgan fingerprint density at radius 3 is 2.45 bits per heavy atom. The van der Waals surface area contributed by atoms with Gasteiger partial charge < -0.3 is 14.8 Å². The van der Waals surface area contributed by atoms with Crippen LogP contribution in [-0.2, 0) is 13.0 Å². The molecular weight excluding hydrogens is 302 g/mol. The van der Waals surface area contributed by atoms with Gasteiger partial charge in [0, 0.05) is 23.9 Å². The Kier molecular flexibility index (Phi) is 5.27. The number of furan rings is 1. The highest BCUT2D eigenvalue weighted by Gasteiger charge is 2.19. The van der Waals surface area contributed by atoms with Crippen LogP contribution in [0, 0.1) is 0 Å². The van der Waals surface area contributed by atoms with E-state index in [0.29, 0.717) is 18.7 Å². The average Bonchev–Trinajstić information content (AvgIpc) is 2.97. The maximum atomic E-state index is 12.0. The van der Waals surface area contributed by atoms with Gasteiger partial charge in [-0.05, 0) is 24.0 Å². The Hall–Kier alpha value is -2.21. The third-order valence-corrected chi connectivity index (χ3v) is 3.94. The summed E-state index contributed by atoms with van der Waals surface area (Å²) in [5.74, 6) is -1.18. The van der Waals surface area contributed by atoms with Crippen molar-refractivity contribution in [3.05, 3.63) is 53.0 Å². The normalized spacial score (nSPS) is 10.5. The van der Waals surface area contributed by atoms with Gasteiger partial charge >= 0.3 is 5.97 Å². The monoisotopic (exact) mass is 319 g/mol. The number of aryl methyl sites for hydroxylation is 1. The summed E-state index contributed by atoms with van der Waals surface area (Å²) >= 11 is 1.65. The molecule has 5 nitrogen and oxygen atoms in total.